The Morgan fingerprint density at radius 1 is 0.938 bits per heavy atom. The maximum Gasteiger partial charge on any atom is 0.253 e. The standard InChI is InChI=1S/C25H26F2N4O/c1-17-23(16-19-5-3-6-22(27)15-19)24(29-18(2)28-17)30-11-4-12-31(14-13-30)25(32)20-7-9-21(26)10-8-20/h3,5-10,15H,4,11-14,16H2,1-2H3. The van der Waals surface area contributed by atoms with Crippen molar-refractivity contribution in [1.29, 1.82) is 0 Å². The van der Waals surface area contributed by atoms with Crippen LogP contribution in [0.1, 0.15) is 39.4 Å². The number of anilines is 1. The predicted molar refractivity (Wildman–Crippen MR) is 120 cm³/mol. The summed E-state index contributed by atoms with van der Waals surface area (Å²) in [6.07, 6.45) is 1.32. The zero-order valence-corrected chi connectivity index (χ0v) is 18.3. The summed E-state index contributed by atoms with van der Waals surface area (Å²) < 4.78 is 26.9. The summed E-state index contributed by atoms with van der Waals surface area (Å²) in [5.74, 6) is 0.810. The topological polar surface area (TPSA) is 49.3 Å². The smallest absolute Gasteiger partial charge is 0.253 e. The number of halogens is 2. The number of hydrogen-bond acceptors (Lipinski definition) is 4. The molecule has 0 aliphatic carbocycles. The van der Waals surface area contributed by atoms with Gasteiger partial charge in [0.15, 0.2) is 0 Å². The molecule has 32 heavy (non-hydrogen) atoms. The van der Waals surface area contributed by atoms with Gasteiger partial charge in [-0.2, -0.15) is 0 Å². The molecule has 0 saturated carbocycles. The number of hydrogen-bond donors (Lipinski definition) is 0. The van der Waals surface area contributed by atoms with Gasteiger partial charge in [-0.25, -0.2) is 18.7 Å². The van der Waals surface area contributed by atoms with Crippen LogP contribution in [0.2, 0.25) is 0 Å². The molecule has 2 aromatic carbocycles. The Hall–Kier alpha value is -3.35. The first-order chi connectivity index (χ1) is 15.4. The summed E-state index contributed by atoms with van der Waals surface area (Å²) in [5.41, 5.74) is 3.20. The van der Waals surface area contributed by atoms with Crippen molar-refractivity contribution in [2.45, 2.75) is 26.7 Å². The van der Waals surface area contributed by atoms with Crippen molar-refractivity contribution in [3.8, 4) is 0 Å². The number of aromatic nitrogens is 2. The van der Waals surface area contributed by atoms with Crippen LogP contribution < -0.4 is 4.90 Å². The first-order valence-electron chi connectivity index (χ1n) is 10.8. The Labute approximate surface area is 186 Å². The highest BCUT2D eigenvalue weighted by Crippen LogP contribution is 2.25. The molecular weight excluding hydrogens is 410 g/mol. The number of benzene rings is 2. The Kier molecular flexibility index (Phi) is 6.44. The highest BCUT2D eigenvalue weighted by molar-refractivity contribution is 5.94. The van der Waals surface area contributed by atoms with Crippen LogP contribution in [0.15, 0.2) is 48.5 Å². The monoisotopic (exact) mass is 436 g/mol. The SMILES string of the molecule is Cc1nc(C)c(Cc2cccc(F)c2)c(N2CCCN(C(=O)c3ccc(F)cc3)CC2)n1. The zero-order valence-electron chi connectivity index (χ0n) is 18.3. The molecule has 1 saturated heterocycles. The van der Waals surface area contributed by atoms with Crippen LogP contribution in [0.25, 0.3) is 0 Å². The Morgan fingerprint density at radius 3 is 2.47 bits per heavy atom. The van der Waals surface area contributed by atoms with Crippen molar-refractivity contribution >= 4 is 11.7 Å². The van der Waals surface area contributed by atoms with Crippen molar-refractivity contribution in [3.05, 3.63) is 88.4 Å². The molecular formula is C25H26F2N4O. The van der Waals surface area contributed by atoms with Crippen LogP contribution in [0.3, 0.4) is 0 Å². The van der Waals surface area contributed by atoms with E-state index in [1.54, 1.807) is 11.0 Å². The molecule has 1 aromatic heterocycles. The van der Waals surface area contributed by atoms with Crippen LogP contribution in [-0.4, -0.2) is 47.0 Å². The average molecular weight is 437 g/mol. The summed E-state index contributed by atoms with van der Waals surface area (Å²) in [5, 5.41) is 0. The van der Waals surface area contributed by atoms with Gasteiger partial charge < -0.3 is 9.80 Å². The second kappa shape index (κ2) is 9.42. The number of rotatable bonds is 4. The average Bonchev–Trinajstić information content (AvgIpc) is 3.02. The van der Waals surface area contributed by atoms with Gasteiger partial charge >= 0.3 is 0 Å². The molecule has 166 valence electrons. The second-order valence-corrected chi connectivity index (χ2v) is 8.10. The first-order valence-corrected chi connectivity index (χ1v) is 10.8. The Bertz CT molecular complexity index is 1120. The van der Waals surface area contributed by atoms with E-state index < -0.39 is 0 Å². The second-order valence-electron chi connectivity index (χ2n) is 8.10. The maximum atomic E-state index is 13.7. The molecule has 0 unspecified atom stereocenters. The molecule has 0 atom stereocenters. The van der Waals surface area contributed by atoms with Gasteiger partial charge in [0.1, 0.15) is 23.3 Å². The van der Waals surface area contributed by atoms with Gasteiger partial charge in [0, 0.05) is 49.4 Å². The molecule has 4 rings (SSSR count). The van der Waals surface area contributed by atoms with Crippen LogP contribution in [-0.2, 0) is 6.42 Å². The van der Waals surface area contributed by atoms with Crippen LogP contribution >= 0.6 is 0 Å². The van der Waals surface area contributed by atoms with Gasteiger partial charge in [0.25, 0.3) is 5.91 Å². The normalized spacial score (nSPS) is 14.4. The largest absolute Gasteiger partial charge is 0.354 e. The minimum Gasteiger partial charge on any atom is -0.354 e. The molecule has 0 radical (unpaired) electrons. The molecule has 1 fully saturated rings. The lowest BCUT2D eigenvalue weighted by Gasteiger charge is -2.26. The number of aryl methyl sites for hydroxylation is 2. The molecule has 1 amide bonds. The van der Waals surface area contributed by atoms with E-state index in [4.69, 9.17) is 4.98 Å². The maximum absolute atomic E-state index is 13.7. The highest BCUT2D eigenvalue weighted by Gasteiger charge is 2.24. The van der Waals surface area contributed by atoms with Crippen molar-refractivity contribution in [1.82, 2.24) is 14.9 Å². The summed E-state index contributed by atoms with van der Waals surface area (Å²) in [6, 6.07) is 12.2. The van der Waals surface area contributed by atoms with Gasteiger partial charge in [-0.1, -0.05) is 12.1 Å². The highest BCUT2D eigenvalue weighted by atomic mass is 19.1. The van der Waals surface area contributed by atoms with E-state index >= 15 is 0 Å². The molecule has 1 aliphatic rings. The predicted octanol–water partition coefficient (Wildman–Crippen LogP) is 4.31. The molecule has 0 N–H and O–H groups in total. The fraction of sp³-hybridized carbons (Fsp3) is 0.320. The van der Waals surface area contributed by atoms with Crippen molar-refractivity contribution in [3.63, 3.8) is 0 Å². The fourth-order valence-corrected chi connectivity index (χ4v) is 4.14. The molecule has 2 heterocycles. The third-order valence-corrected chi connectivity index (χ3v) is 5.75. The minimum atomic E-state index is -0.357. The van der Waals surface area contributed by atoms with E-state index in [0.29, 0.717) is 37.4 Å². The van der Waals surface area contributed by atoms with Gasteiger partial charge in [0.05, 0.1) is 0 Å². The number of nitrogens with zero attached hydrogens (tertiary/aromatic N) is 4. The van der Waals surface area contributed by atoms with Crippen LogP contribution in [0.5, 0.6) is 0 Å². The molecule has 0 bridgehead atoms. The molecule has 7 heteroatoms. The fourth-order valence-electron chi connectivity index (χ4n) is 4.14. The summed E-state index contributed by atoms with van der Waals surface area (Å²) in [7, 11) is 0. The number of carbonyl (C=O) groups excluding carboxylic acids is 1. The number of amides is 1. The van der Waals surface area contributed by atoms with Gasteiger partial charge in [-0.3, -0.25) is 4.79 Å². The summed E-state index contributed by atoms with van der Waals surface area (Å²) in [4.78, 5) is 26.1. The lowest BCUT2D eigenvalue weighted by Crippen LogP contribution is -2.35. The lowest BCUT2D eigenvalue weighted by molar-refractivity contribution is 0.0767. The Morgan fingerprint density at radius 2 is 1.72 bits per heavy atom. The van der Waals surface area contributed by atoms with E-state index in [1.807, 2.05) is 19.9 Å². The molecule has 3 aromatic rings. The van der Waals surface area contributed by atoms with Crippen LogP contribution in [0.4, 0.5) is 14.6 Å². The lowest BCUT2D eigenvalue weighted by atomic mass is 10.0. The molecule has 1 aliphatic heterocycles. The third kappa shape index (κ3) is 4.93. The summed E-state index contributed by atoms with van der Waals surface area (Å²) in [6.45, 7) is 6.35. The minimum absolute atomic E-state index is 0.0955. The van der Waals surface area contributed by atoms with E-state index in [1.165, 1.54) is 36.4 Å². The molecule has 0 spiro atoms. The van der Waals surface area contributed by atoms with E-state index in [9.17, 15) is 13.6 Å². The molecule has 5 nitrogen and oxygen atoms in total. The number of carbonyl (C=O) groups is 1. The quantitative estimate of drug-likeness (QED) is 0.611. The Balaban J connectivity index is 1.56. The van der Waals surface area contributed by atoms with E-state index in [-0.39, 0.29) is 17.5 Å². The van der Waals surface area contributed by atoms with Crippen LogP contribution in [0, 0.1) is 25.5 Å². The van der Waals surface area contributed by atoms with Crippen molar-refractivity contribution in [2.24, 2.45) is 0 Å². The van der Waals surface area contributed by atoms with E-state index in [0.717, 1.165) is 35.6 Å². The van der Waals surface area contributed by atoms with Gasteiger partial charge in [-0.05, 0) is 62.2 Å². The van der Waals surface area contributed by atoms with Crippen molar-refractivity contribution < 1.29 is 13.6 Å². The third-order valence-electron chi connectivity index (χ3n) is 5.75. The first kappa shape index (κ1) is 21.9. The van der Waals surface area contributed by atoms with E-state index in [2.05, 4.69) is 9.88 Å². The van der Waals surface area contributed by atoms with Crippen molar-refractivity contribution in [2.75, 3.05) is 31.1 Å². The van der Waals surface area contributed by atoms with Gasteiger partial charge in [-0.15, -0.1) is 0 Å². The zero-order chi connectivity index (χ0) is 22.7. The summed E-state index contributed by atoms with van der Waals surface area (Å²) >= 11 is 0. The van der Waals surface area contributed by atoms with Gasteiger partial charge in [0.2, 0.25) is 0 Å².